The molecule has 112 valence electrons. The molecule has 0 aromatic heterocycles. The van der Waals surface area contributed by atoms with Gasteiger partial charge in [0.25, 0.3) is 0 Å². The Balaban J connectivity index is 2.26. The summed E-state index contributed by atoms with van der Waals surface area (Å²) in [6, 6.07) is -0.290. The average molecular weight is 269 g/mol. The standard InChI is InChI=1S/C15H31N3O/c1-4-5-6-14(16)15(19)18-11-9-17(10-12-18)8-7-13(2)3/h13-14H,4-12,16H2,1-3H3. The molecule has 1 heterocycles. The highest BCUT2D eigenvalue weighted by molar-refractivity contribution is 5.81. The number of unbranched alkanes of at least 4 members (excludes halogenated alkanes) is 1. The monoisotopic (exact) mass is 269 g/mol. The van der Waals surface area contributed by atoms with E-state index in [4.69, 9.17) is 5.73 Å². The fourth-order valence-corrected chi connectivity index (χ4v) is 2.41. The van der Waals surface area contributed by atoms with Crippen LogP contribution in [0.4, 0.5) is 0 Å². The first-order valence-electron chi connectivity index (χ1n) is 7.81. The second kappa shape index (κ2) is 8.54. The maximum absolute atomic E-state index is 12.2. The molecule has 0 radical (unpaired) electrons. The molecule has 1 aliphatic heterocycles. The van der Waals surface area contributed by atoms with Gasteiger partial charge in [-0.1, -0.05) is 33.6 Å². The first-order valence-corrected chi connectivity index (χ1v) is 7.81. The van der Waals surface area contributed by atoms with Crippen molar-refractivity contribution in [1.29, 1.82) is 0 Å². The van der Waals surface area contributed by atoms with Gasteiger partial charge in [-0.25, -0.2) is 0 Å². The molecule has 4 heteroatoms. The molecular weight excluding hydrogens is 238 g/mol. The molecule has 4 nitrogen and oxygen atoms in total. The average Bonchev–Trinajstić information content (AvgIpc) is 2.42. The van der Waals surface area contributed by atoms with Crippen LogP contribution < -0.4 is 5.73 Å². The zero-order chi connectivity index (χ0) is 14.3. The summed E-state index contributed by atoms with van der Waals surface area (Å²) in [4.78, 5) is 16.6. The van der Waals surface area contributed by atoms with E-state index in [1.165, 1.54) is 6.42 Å². The van der Waals surface area contributed by atoms with E-state index in [-0.39, 0.29) is 11.9 Å². The van der Waals surface area contributed by atoms with E-state index >= 15 is 0 Å². The van der Waals surface area contributed by atoms with Crippen molar-refractivity contribution in [3.05, 3.63) is 0 Å². The van der Waals surface area contributed by atoms with Gasteiger partial charge in [0.15, 0.2) is 0 Å². The Labute approximate surface area is 118 Å². The minimum absolute atomic E-state index is 0.150. The molecule has 0 aromatic carbocycles. The van der Waals surface area contributed by atoms with Gasteiger partial charge in [0.1, 0.15) is 0 Å². The van der Waals surface area contributed by atoms with Gasteiger partial charge >= 0.3 is 0 Å². The van der Waals surface area contributed by atoms with Crippen LogP contribution in [0.15, 0.2) is 0 Å². The quantitative estimate of drug-likeness (QED) is 0.765. The second-order valence-corrected chi connectivity index (χ2v) is 6.10. The van der Waals surface area contributed by atoms with Crippen molar-refractivity contribution in [2.24, 2.45) is 11.7 Å². The fourth-order valence-electron chi connectivity index (χ4n) is 2.41. The third kappa shape index (κ3) is 5.91. The van der Waals surface area contributed by atoms with E-state index in [1.54, 1.807) is 0 Å². The second-order valence-electron chi connectivity index (χ2n) is 6.10. The predicted molar refractivity (Wildman–Crippen MR) is 80.0 cm³/mol. The minimum Gasteiger partial charge on any atom is -0.339 e. The van der Waals surface area contributed by atoms with Crippen LogP contribution in [0.25, 0.3) is 0 Å². The predicted octanol–water partition coefficient (Wildman–Crippen LogP) is 1.69. The topological polar surface area (TPSA) is 49.6 Å². The van der Waals surface area contributed by atoms with E-state index in [9.17, 15) is 4.79 Å². The van der Waals surface area contributed by atoms with E-state index in [1.807, 2.05) is 4.90 Å². The van der Waals surface area contributed by atoms with Gasteiger partial charge in [0.2, 0.25) is 5.91 Å². The number of nitrogens with zero attached hydrogens (tertiary/aromatic N) is 2. The van der Waals surface area contributed by atoms with Gasteiger partial charge in [-0.05, 0) is 25.3 Å². The highest BCUT2D eigenvalue weighted by Gasteiger charge is 2.24. The Hall–Kier alpha value is -0.610. The molecule has 0 aromatic rings. The molecule has 1 rings (SSSR count). The first-order chi connectivity index (χ1) is 9.04. The molecule has 1 amide bonds. The SMILES string of the molecule is CCCCC(N)C(=O)N1CCN(CCC(C)C)CC1. The fraction of sp³-hybridized carbons (Fsp3) is 0.933. The highest BCUT2D eigenvalue weighted by atomic mass is 16.2. The zero-order valence-electron chi connectivity index (χ0n) is 12.9. The molecule has 2 N–H and O–H groups in total. The molecule has 0 aliphatic carbocycles. The maximum atomic E-state index is 12.2. The van der Waals surface area contributed by atoms with Crippen LogP contribution in [0.1, 0.15) is 46.5 Å². The summed E-state index contributed by atoms with van der Waals surface area (Å²) in [6.45, 7) is 11.5. The summed E-state index contributed by atoms with van der Waals surface area (Å²) in [5.74, 6) is 0.902. The normalized spacial score (nSPS) is 18.9. The Bertz CT molecular complexity index is 260. The third-order valence-electron chi connectivity index (χ3n) is 3.89. The lowest BCUT2D eigenvalue weighted by Gasteiger charge is -2.36. The maximum Gasteiger partial charge on any atom is 0.239 e. The van der Waals surface area contributed by atoms with E-state index in [0.29, 0.717) is 0 Å². The minimum atomic E-state index is -0.290. The largest absolute Gasteiger partial charge is 0.339 e. The zero-order valence-corrected chi connectivity index (χ0v) is 12.9. The van der Waals surface area contributed by atoms with Crippen molar-refractivity contribution < 1.29 is 4.79 Å². The summed E-state index contributed by atoms with van der Waals surface area (Å²) < 4.78 is 0. The number of rotatable bonds is 7. The first kappa shape index (κ1) is 16.4. The molecule has 19 heavy (non-hydrogen) atoms. The summed E-state index contributed by atoms with van der Waals surface area (Å²) in [5, 5.41) is 0. The molecule has 1 atom stereocenters. The molecule has 1 saturated heterocycles. The van der Waals surface area contributed by atoms with Crippen molar-refractivity contribution >= 4 is 5.91 Å². The van der Waals surface area contributed by atoms with Crippen LogP contribution in [0.2, 0.25) is 0 Å². The Morgan fingerprint density at radius 2 is 1.79 bits per heavy atom. The summed E-state index contributed by atoms with van der Waals surface area (Å²) >= 11 is 0. The molecule has 0 spiro atoms. The number of nitrogens with two attached hydrogens (primary N) is 1. The Kier molecular flexibility index (Phi) is 7.39. The molecule has 0 saturated carbocycles. The van der Waals surface area contributed by atoms with Gasteiger partial charge in [0, 0.05) is 26.2 Å². The third-order valence-corrected chi connectivity index (χ3v) is 3.89. The molecule has 1 fully saturated rings. The molecule has 0 bridgehead atoms. The lowest BCUT2D eigenvalue weighted by Crippen LogP contribution is -2.53. The lowest BCUT2D eigenvalue weighted by molar-refractivity contribution is -0.134. The van der Waals surface area contributed by atoms with Crippen LogP contribution >= 0.6 is 0 Å². The summed E-state index contributed by atoms with van der Waals surface area (Å²) in [5.41, 5.74) is 5.96. The van der Waals surface area contributed by atoms with Crippen molar-refractivity contribution in [2.45, 2.75) is 52.5 Å². The lowest BCUT2D eigenvalue weighted by atomic mass is 10.1. The molecular formula is C15H31N3O. The number of piperazine rings is 1. The van der Waals surface area contributed by atoms with Crippen LogP contribution in [0.5, 0.6) is 0 Å². The summed E-state index contributed by atoms with van der Waals surface area (Å²) in [6.07, 6.45) is 4.21. The van der Waals surface area contributed by atoms with Gasteiger partial charge in [-0.15, -0.1) is 0 Å². The number of hydrogen-bond acceptors (Lipinski definition) is 3. The number of amides is 1. The smallest absolute Gasteiger partial charge is 0.239 e. The van der Waals surface area contributed by atoms with Gasteiger partial charge < -0.3 is 10.6 Å². The molecule has 1 unspecified atom stereocenters. The number of carbonyl (C=O) groups is 1. The number of carbonyl (C=O) groups excluding carboxylic acids is 1. The number of hydrogen-bond donors (Lipinski definition) is 1. The Morgan fingerprint density at radius 1 is 1.16 bits per heavy atom. The molecule has 1 aliphatic rings. The van der Waals surface area contributed by atoms with E-state index < -0.39 is 0 Å². The highest BCUT2D eigenvalue weighted by Crippen LogP contribution is 2.09. The van der Waals surface area contributed by atoms with Crippen molar-refractivity contribution in [3.63, 3.8) is 0 Å². The summed E-state index contributed by atoms with van der Waals surface area (Å²) in [7, 11) is 0. The Morgan fingerprint density at radius 3 is 2.32 bits per heavy atom. The van der Waals surface area contributed by atoms with Gasteiger partial charge in [-0.3, -0.25) is 9.69 Å². The van der Waals surface area contributed by atoms with Gasteiger partial charge in [-0.2, -0.15) is 0 Å². The van der Waals surface area contributed by atoms with Crippen LogP contribution in [0.3, 0.4) is 0 Å². The van der Waals surface area contributed by atoms with Crippen LogP contribution in [0, 0.1) is 5.92 Å². The van der Waals surface area contributed by atoms with E-state index in [0.717, 1.165) is 57.9 Å². The van der Waals surface area contributed by atoms with Crippen molar-refractivity contribution in [3.8, 4) is 0 Å². The van der Waals surface area contributed by atoms with Crippen LogP contribution in [-0.4, -0.2) is 54.5 Å². The van der Waals surface area contributed by atoms with Crippen molar-refractivity contribution in [1.82, 2.24) is 9.80 Å². The van der Waals surface area contributed by atoms with Crippen molar-refractivity contribution in [2.75, 3.05) is 32.7 Å². The van der Waals surface area contributed by atoms with Crippen LogP contribution in [-0.2, 0) is 4.79 Å². The van der Waals surface area contributed by atoms with E-state index in [2.05, 4.69) is 25.7 Å². The van der Waals surface area contributed by atoms with Gasteiger partial charge in [0.05, 0.1) is 6.04 Å².